The van der Waals surface area contributed by atoms with Gasteiger partial charge in [-0.05, 0) is 30.4 Å². The van der Waals surface area contributed by atoms with E-state index in [1.54, 1.807) is 10.9 Å². The van der Waals surface area contributed by atoms with Gasteiger partial charge in [-0.3, -0.25) is 19.6 Å². The molecule has 28 heavy (non-hydrogen) atoms. The summed E-state index contributed by atoms with van der Waals surface area (Å²) in [4.78, 5) is 25.1. The fraction of sp³-hybridized carbons (Fsp3) is 0.474. The van der Waals surface area contributed by atoms with Crippen LogP contribution in [0.15, 0.2) is 30.5 Å². The molecule has 1 saturated carbocycles. The van der Waals surface area contributed by atoms with Gasteiger partial charge in [0.15, 0.2) is 0 Å². The molecule has 0 radical (unpaired) electrons. The summed E-state index contributed by atoms with van der Waals surface area (Å²) >= 11 is 6.28. The number of aryl methyl sites for hydroxylation is 1. The van der Waals surface area contributed by atoms with Crippen LogP contribution in [0.25, 0.3) is 0 Å². The summed E-state index contributed by atoms with van der Waals surface area (Å²) in [6.45, 7) is -0.000593. The van der Waals surface area contributed by atoms with Crippen LogP contribution in [0.3, 0.4) is 0 Å². The zero-order valence-corrected chi connectivity index (χ0v) is 16.2. The number of fused-ring (bicyclic) bond motifs is 1. The quantitative estimate of drug-likeness (QED) is 0.587. The molecule has 1 aromatic heterocycles. The third-order valence-corrected chi connectivity index (χ3v) is 6.12. The smallest absolute Gasteiger partial charge is 0.254 e. The molecule has 1 unspecified atom stereocenters. The summed E-state index contributed by atoms with van der Waals surface area (Å²) in [5.41, 5.74) is 1.21. The minimum Gasteiger partial charge on any atom is -0.383 e. The van der Waals surface area contributed by atoms with E-state index >= 15 is 0 Å². The van der Waals surface area contributed by atoms with Crippen molar-refractivity contribution in [3.8, 4) is 0 Å². The molecule has 2 aromatic rings. The van der Waals surface area contributed by atoms with Gasteiger partial charge in [0.25, 0.3) is 5.91 Å². The summed E-state index contributed by atoms with van der Waals surface area (Å²) in [6, 6.07) is 7.34. The molecule has 1 fully saturated rings. The number of nitrogens with zero attached hydrogens (tertiary/aromatic N) is 4. The molecule has 2 heterocycles. The molecule has 8 nitrogen and oxygen atoms in total. The number of hydrogen-bond donors (Lipinski definition) is 1. The molecule has 1 aliphatic carbocycles. The Morgan fingerprint density at radius 3 is 2.75 bits per heavy atom. The number of benzene rings is 1. The van der Waals surface area contributed by atoms with Crippen molar-refractivity contribution in [2.75, 3.05) is 13.1 Å². The summed E-state index contributed by atoms with van der Waals surface area (Å²) in [5, 5.41) is 25.7. The molecule has 1 atom stereocenters. The highest BCUT2D eigenvalue weighted by Gasteiger charge is 2.49. The maximum atomic E-state index is 13.0. The average molecular weight is 405 g/mol. The van der Waals surface area contributed by atoms with Gasteiger partial charge >= 0.3 is 0 Å². The number of halogens is 1. The predicted octanol–water partition coefficient (Wildman–Crippen LogP) is 2.23. The van der Waals surface area contributed by atoms with Gasteiger partial charge in [-0.15, -0.1) is 0 Å². The molecule has 9 heteroatoms. The molecular weight excluding hydrogens is 384 g/mol. The van der Waals surface area contributed by atoms with E-state index in [1.807, 2.05) is 36.2 Å². The summed E-state index contributed by atoms with van der Waals surface area (Å²) in [5.74, 6) is -0.0173. The van der Waals surface area contributed by atoms with Crippen LogP contribution in [0.2, 0.25) is 5.02 Å². The van der Waals surface area contributed by atoms with Crippen LogP contribution < -0.4 is 0 Å². The summed E-state index contributed by atoms with van der Waals surface area (Å²) in [7, 11) is 1.82. The zero-order valence-electron chi connectivity index (χ0n) is 15.4. The second-order valence-electron chi connectivity index (χ2n) is 7.82. The molecule has 1 aliphatic heterocycles. The Labute approximate surface area is 166 Å². The lowest BCUT2D eigenvalue weighted by Gasteiger charge is -2.43. The Hall–Kier alpha value is -2.45. The predicted molar refractivity (Wildman–Crippen MR) is 102 cm³/mol. The van der Waals surface area contributed by atoms with Crippen molar-refractivity contribution in [3.63, 3.8) is 0 Å². The summed E-state index contributed by atoms with van der Waals surface area (Å²) in [6.07, 6.45) is 2.78. The van der Waals surface area contributed by atoms with Gasteiger partial charge in [0.2, 0.25) is 6.54 Å². The molecule has 0 bridgehead atoms. The van der Waals surface area contributed by atoms with Gasteiger partial charge in [-0.1, -0.05) is 29.8 Å². The molecule has 1 N–H and O–H groups in total. The number of rotatable bonds is 6. The fourth-order valence-corrected chi connectivity index (χ4v) is 4.76. The molecule has 1 amide bonds. The third-order valence-electron chi connectivity index (χ3n) is 5.80. The van der Waals surface area contributed by atoms with Crippen LogP contribution >= 0.6 is 11.6 Å². The Bertz CT molecular complexity index is 918. The molecule has 2 aliphatic rings. The number of amides is 1. The molecule has 0 saturated heterocycles. The van der Waals surface area contributed by atoms with Crippen molar-refractivity contribution in [1.29, 1.82) is 0 Å². The van der Waals surface area contributed by atoms with Crippen LogP contribution in [0, 0.1) is 16.0 Å². The maximum Gasteiger partial charge on any atom is 0.254 e. The lowest BCUT2D eigenvalue weighted by atomic mass is 9.70. The first-order chi connectivity index (χ1) is 13.3. The first kappa shape index (κ1) is 18.9. The van der Waals surface area contributed by atoms with Crippen LogP contribution in [0.4, 0.5) is 0 Å². The van der Waals surface area contributed by atoms with Gasteiger partial charge in [-0.25, -0.2) is 0 Å². The Morgan fingerprint density at radius 2 is 2.11 bits per heavy atom. The third kappa shape index (κ3) is 3.27. The molecular formula is C19H21ClN4O4. The topological polar surface area (TPSA) is 102 Å². The van der Waals surface area contributed by atoms with E-state index in [2.05, 4.69) is 5.10 Å². The van der Waals surface area contributed by atoms with Crippen molar-refractivity contribution in [3.05, 3.63) is 62.4 Å². The highest BCUT2D eigenvalue weighted by molar-refractivity contribution is 6.31. The lowest BCUT2D eigenvalue weighted by Crippen LogP contribution is -2.52. The normalized spacial score (nSPS) is 26.2. The highest BCUT2D eigenvalue weighted by atomic mass is 35.5. The van der Waals surface area contributed by atoms with Gasteiger partial charge < -0.3 is 10.0 Å². The van der Waals surface area contributed by atoms with E-state index in [-0.39, 0.29) is 17.9 Å². The average Bonchev–Trinajstić information content (AvgIpc) is 3.06. The van der Waals surface area contributed by atoms with Crippen LogP contribution in [0.1, 0.15) is 40.5 Å². The van der Waals surface area contributed by atoms with Gasteiger partial charge in [0.1, 0.15) is 5.60 Å². The van der Waals surface area contributed by atoms with Crippen LogP contribution in [-0.4, -0.2) is 49.3 Å². The standard InChI is InChI=1S/C19H21ClN4O4/c1-22-17(15(20)9-21-22)6-16-13-4-2-3-5-14(13)18(25)23(16)10-12-7-19(26,8-12)11-24(27)28/h2-5,9,12,16,26H,6-8,10-11H2,1H3. The molecule has 4 rings (SSSR count). The number of hydrogen-bond acceptors (Lipinski definition) is 5. The van der Waals surface area contributed by atoms with E-state index < -0.39 is 17.1 Å². The van der Waals surface area contributed by atoms with E-state index in [4.69, 9.17) is 11.6 Å². The second kappa shape index (κ2) is 6.86. The van der Waals surface area contributed by atoms with Gasteiger partial charge in [0, 0.05) is 30.5 Å². The minimum atomic E-state index is -1.26. The number of nitro groups is 1. The monoisotopic (exact) mass is 404 g/mol. The van der Waals surface area contributed by atoms with E-state index in [0.717, 1.165) is 11.3 Å². The van der Waals surface area contributed by atoms with E-state index in [0.29, 0.717) is 36.4 Å². The fourth-order valence-electron chi connectivity index (χ4n) is 4.52. The lowest BCUT2D eigenvalue weighted by molar-refractivity contribution is -0.506. The van der Waals surface area contributed by atoms with Gasteiger partial charge in [-0.2, -0.15) is 5.10 Å². The number of aromatic nitrogens is 2. The van der Waals surface area contributed by atoms with Gasteiger partial charge in [0.05, 0.1) is 23.0 Å². The van der Waals surface area contributed by atoms with Crippen molar-refractivity contribution in [2.24, 2.45) is 13.0 Å². The Morgan fingerprint density at radius 1 is 1.39 bits per heavy atom. The first-order valence-electron chi connectivity index (χ1n) is 9.18. The second-order valence-corrected chi connectivity index (χ2v) is 8.22. The van der Waals surface area contributed by atoms with Crippen molar-refractivity contribution < 1.29 is 14.8 Å². The largest absolute Gasteiger partial charge is 0.383 e. The van der Waals surface area contributed by atoms with Crippen LogP contribution in [-0.2, 0) is 13.5 Å². The minimum absolute atomic E-state index is 0.0349. The molecule has 0 spiro atoms. The number of carbonyl (C=O) groups excluding carboxylic acids is 1. The SMILES string of the molecule is Cn1ncc(Cl)c1CC1c2ccccc2C(=O)N1CC1CC(O)(C[N+](=O)[O-])C1. The Kier molecular flexibility index (Phi) is 4.63. The molecule has 1 aromatic carbocycles. The van der Waals surface area contributed by atoms with Crippen molar-refractivity contribution >= 4 is 17.5 Å². The maximum absolute atomic E-state index is 13.0. The van der Waals surface area contributed by atoms with Crippen molar-refractivity contribution in [1.82, 2.24) is 14.7 Å². The Balaban J connectivity index is 1.55. The summed E-state index contributed by atoms with van der Waals surface area (Å²) < 4.78 is 1.71. The van der Waals surface area contributed by atoms with E-state index in [1.165, 1.54) is 0 Å². The van der Waals surface area contributed by atoms with Crippen molar-refractivity contribution in [2.45, 2.75) is 30.9 Å². The zero-order chi connectivity index (χ0) is 20.1. The number of aliphatic hydroxyl groups is 1. The number of carbonyl (C=O) groups is 1. The first-order valence-corrected chi connectivity index (χ1v) is 9.56. The van der Waals surface area contributed by atoms with Crippen LogP contribution in [0.5, 0.6) is 0 Å². The molecule has 148 valence electrons. The van der Waals surface area contributed by atoms with E-state index in [9.17, 15) is 20.0 Å². The highest BCUT2D eigenvalue weighted by Crippen LogP contribution is 2.43.